The second-order valence-corrected chi connectivity index (χ2v) is 6.88. The van der Waals surface area contributed by atoms with E-state index in [1.165, 1.54) is 6.07 Å². The van der Waals surface area contributed by atoms with Gasteiger partial charge in [-0.3, -0.25) is 9.59 Å². The summed E-state index contributed by atoms with van der Waals surface area (Å²) < 4.78 is 26.4. The Morgan fingerprint density at radius 1 is 1.19 bits per heavy atom. The first-order valence-corrected chi connectivity index (χ1v) is 9.01. The summed E-state index contributed by atoms with van der Waals surface area (Å²) in [5.74, 6) is -2.58. The Morgan fingerprint density at radius 3 is 2.63 bits per heavy atom. The van der Waals surface area contributed by atoms with Crippen molar-refractivity contribution in [2.45, 2.75) is 25.8 Å². The Kier molecular flexibility index (Phi) is 5.84. The van der Waals surface area contributed by atoms with Gasteiger partial charge in [0.25, 0.3) is 0 Å². The van der Waals surface area contributed by atoms with E-state index in [1.807, 2.05) is 30.3 Å². The monoisotopic (exact) mass is 372 g/mol. The van der Waals surface area contributed by atoms with Gasteiger partial charge in [0.05, 0.1) is 12.0 Å². The lowest BCUT2D eigenvalue weighted by Gasteiger charge is -2.19. The second-order valence-electron chi connectivity index (χ2n) is 6.88. The molecule has 4 nitrogen and oxygen atoms in total. The van der Waals surface area contributed by atoms with Crippen molar-refractivity contribution in [3.63, 3.8) is 0 Å². The van der Waals surface area contributed by atoms with E-state index < -0.39 is 23.6 Å². The third-order valence-corrected chi connectivity index (χ3v) is 4.90. The minimum Gasteiger partial charge on any atom is -0.349 e. The van der Waals surface area contributed by atoms with Gasteiger partial charge in [-0.1, -0.05) is 36.4 Å². The second kappa shape index (κ2) is 8.29. The van der Waals surface area contributed by atoms with Gasteiger partial charge >= 0.3 is 0 Å². The Bertz CT molecular complexity index is 826. The van der Waals surface area contributed by atoms with Crippen LogP contribution in [0.15, 0.2) is 48.5 Å². The molecule has 1 N–H and O–H groups in total. The van der Waals surface area contributed by atoms with Crippen LogP contribution in [0, 0.1) is 17.6 Å². The smallest absolute Gasteiger partial charge is 0.225 e. The van der Waals surface area contributed by atoms with E-state index in [-0.39, 0.29) is 18.2 Å². The van der Waals surface area contributed by atoms with Crippen LogP contribution in [-0.2, 0) is 16.0 Å². The van der Waals surface area contributed by atoms with Crippen molar-refractivity contribution in [1.29, 1.82) is 0 Å². The number of hydrogen-bond acceptors (Lipinski definition) is 2. The van der Waals surface area contributed by atoms with Gasteiger partial charge in [-0.2, -0.15) is 0 Å². The number of rotatable bonds is 6. The fourth-order valence-corrected chi connectivity index (χ4v) is 3.27. The number of amides is 2. The van der Waals surface area contributed by atoms with Crippen LogP contribution in [0.1, 0.15) is 30.5 Å². The van der Waals surface area contributed by atoms with Crippen molar-refractivity contribution in [1.82, 2.24) is 10.2 Å². The van der Waals surface area contributed by atoms with Crippen molar-refractivity contribution >= 4 is 11.8 Å². The van der Waals surface area contributed by atoms with Gasteiger partial charge < -0.3 is 10.2 Å². The number of nitrogens with zero attached hydrogens (tertiary/aromatic N) is 1. The highest BCUT2D eigenvalue weighted by Gasteiger charge is 2.34. The lowest BCUT2D eigenvalue weighted by Crippen LogP contribution is -2.35. The molecule has 2 aromatic carbocycles. The quantitative estimate of drug-likeness (QED) is 0.846. The topological polar surface area (TPSA) is 49.4 Å². The molecule has 142 valence electrons. The molecule has 1 heterocycles. The third-order valence-electron chi connectivity index (χ3n) is 4.90. The molecule has 3 rings (SSSR count). The largest absolute Gasteiger partial charge is 0.349 e. The molecule has 2 aromatic rings. The molecule has 1 aliphatic rings. The van der Waals surface area contributed by atoms with Gasteiger partial charge in [0.2, 0.25) is 11.8 Å². The fraction of sp³-hybridized carbons (Fsp3) is 0.333. The van der Waals surface area contributed by atoms with Crippen LogP contribution in [0.5, 0.6) is 0 Å². The molecule has 27 heavy (non-hydrogen) atoms. The Labute approximate surface area is 157 Å². The summed E-state index contributed by atoms with van der Waals surface area (Å²) in [5.41, 5.74) is 1.62. The van der Waals surface area contributed by atoms with E-state index >= 15 is 0 Å². The van der Waals surface area contributed by atoms with Gasteiger partial charge in [-0.15, -0.1) is 0 Å². The Hall–Kier alpha value is -2.76. The first-order valence-electron chi connectivity index (χ1n) is 9.01. The van der Waals surface area contributed by atoms with E-state index in [9.17, 15) is 18.4 Å². The Morgan fingerprint density at radius 2 is 1.93 bits per heavy atom. The highest BCUT2D eigenvalue weighted by Crippen LogP contribution is 2.21. The maximum absolute atomic E-state index is 13.4. The van der Waals surface area contributed by atoms with E-state index in [1.54, 1.807) is 11.8 Å². The average molecular weight is 372 g/mol. The minimum absolute atomic E-state index is 0.0356. The summed E-state index contributed by atoms with van der Waals surface area (Å²) in [4.78, 5) is 26.4. The zero-order valence-corrected chi connectivity index (χ0v) is 15.1. The zero-order valence-electron chi connectivity index (χ0n) is 15.1. The van der Waals surface area contributed by atoms with Gasteiger partial charge in [0.1, 0.15) is 0 Å². The maximum Gasteiger partial charge on any atom is 0.225 e. The fourth-order valence-electron chi connectivity index (χ4n) is 3.27. The van der Waals surface area contributed by atoms with E-state index in [0.29, 0.717) is 18.7 Å². The molecule has 1 aliphatic heterocycles. The van der Waals surface area contributed by atoms with Crippen LogP contribution in [0.25, 0.3) is 0 Å². The minimum atomic E-state index is -0.947. The van der Waals surface area contributed by atoms with E-state index in [2.05, 4.69) is 5.32 Å². The van der Waals surface area contributed by atoms with Crippen molar-refractivity contribution in [3.05, 3.63) is 71.3 Å². The van der Waals surface area contributed by atoms with Crippen molar-refractivity contribution in [2.24, 2.45) is 5.92 Å². The summed E-state index contributed by atoms with van der Waals surface area (Å²) in [6.07, 6.45) is 0.914. The molecule has 0 aliphatic carbocycles. The number of halogens is 2. The van der Waals surface area contributed by atoms with Crippen LogP contribution >= 0.6 is 0 Å². The standard InChI is InChI=1S/C21H22F2N2O2/c1-14(16-7-8-18(22)19(23)11-16)24-21(27)17-12-20(26)25(13-17)10-9-15-5-3-2-4-6-15/h2-8,11,14,17H,9-10,12-13H2,1H3,(H,24,27). The summed E-state index contributed by atoms with van der Waals surface area (Å²) in [7, 11) is 0. The molecule has 0 aromatic heterocycles. The summed E-state index contributed by atoms with van der Waals surface area (Å²) in [6.45, 7) is 2.65. The number of likely N-dealkylation sites (tertiary alicyclic amines) is 1. The number of carbonyl (C=O) groups is 2. The number of benzene rings is 2. The average Bonchev–Trinajstić information content (AvgIpc) is 3.04. The summed E-state index contributed by atoms with van der Waals surface area (Å²) in [6, 6.07) is 13.0. The van der Waals surface area contributed by atoms with Crippen LogP contribution in [0.3, 0.4) is 0 Å². The van der Waals surface area contributed by atoms with Crippen LogP contribution in [0.4, 0.5) is 8.78 Å². The molecule has 0 saturated carbocycles. The van der Waals surface area contributed by atoms with E-state index in [4.69, 9.17) is 0 Å². The molecule has 0 radical (unpaired) electrons. The van der Waals surface area contributed by atoms with Crippen LogP contribution in [0.2, 0.25) is 0 Å². The normalized spacial score (nSPS) is 17.8. The Balaban J connectivity index is 1.54. The van der Waals surface area contributed by atoms with Gasteiger partial charge in [0, 0.05) is 19.5 Å². The number of nitrogens with one attached hydrogen (secondary N) is 1. The molecular formula is C21H22F2N2O2. The predicted octanol–water partition coefficient (Wildman–Crippen LogP) is 3.23. The predicted molar refractivity (Wildman–Crippen MR) is 97.7 cm³/mol. The molecule has 2 amide bonds. The van der Waals surface area contributed by atoms with Gasteiger partial charge in [0.15, 0.2) is 11.6 Å². The molecule has 2 unspecified atom stereocenters. The SMILES string of the molecule is CC(NC(=O)C1CC(=O)N(CCc2ccccc2)C1)c1ccc(F)c(F)c1. The molecular weight excluding hydrogens is 350 g/mol. The van der Waals surface area contributed by atoms with Crippen molar-refractivity contribution < 1.29 is 18.4 Å². The highest BCUT2D eigenvalue weighted by atomic mass is 19.2. The zero-order chi connectivity index (χ0) is 19.4. The van der Waals surface area contributed by atoms with E-state index in [0.717, 1.165) is 24.1 Å². The lowest BCUT2D eigenvalue weighted by atomic mass is 10.0. The van der Waals surface area contributed by atoms with Crippen molar-refractivity contribution in [2.75, 3.05) is 13.1 Å². The molecule has 0 bridgehead atoms. The van der Waals surface area contributed by atoms with Crippen LogP contribution in [-0.4, -0.2) is 29.8 Å². The summed E-state index contributed by atoms with van der Waals surface area (Å²) in [5, 5.41) is 2.79. The number of carbonyl (C=O) groups excluding carboxylic acids is 2. The molecule has 1 fully saturated rings. The van der Waals surface area contributed by atoms with Gasteiger partial charge in [-0.25, -0.2) is 8.78 Å². The lowest BCUT2D eigenvalue weighted by molar-refractivity contribution is -0.129. The highest BCUT2D eigenvalue weighted by molar-refractivity contribution is 5.89. The third kappa shape index (κ3) is 4.70. The van der Waals surface area contributed by atoms with Crippen LogP contribution < -0.4 is 5.32 Å². The van der Waals surface area contributed by atoms with Crippen molar-refractivity contribution in [3.8, 4) is 0 Å². The maximum atomic E-state index is 13.4. The molecule has 0 spiro atoms. The number of hydrogen-bond donors (Lipinski definition) is 1. The first kappa shape index (κ1) is 19.0. The molecule has 1 saturated heterocycles. The molecule has 2 atom stereocenters. The molecule has 6 heteroatoms. The van der Waals surface area contributed by atoms with Gasteiger partial charge in [-0.05, 0) is 36.6 Å². The summed E-state index contributed by atoms with van der Waals surface area (Å²) >= 11 is 0. The first-order chi connectivity index (χ1) is 12.9.